The average Bonchev–Trinajstić information content (AvgIpc) is 3.53. The Morgan fingerprint density at radius 3 is 2.27 bits per heavy atom. The van der Waals surface area contributed by atoms with Crippen molar-refractivity contribution < 1.29 is 41.3 Å². The Hall–Kier alpha value is -2.03. The quantitative estimate of drug-likeness (QED) is 0.293. The van der Waals surface area contributed by atoms with Crippen LogP contribution in [0.3, 0.4) is 0 Å². The molecule has 242 valence electrons. The molecule has 2 fully saturated rings. The van der Waals surface area contributed by atoms with E-state index in [2.05, 4.69) is 33.9 Å². The molecule has 2 unspecified atom stereocenters. The standard InChI is InChI=1S/C32H45NO9SSi/c1-19-10-12-21(13-11-19)43(34,35)33-16-20-14-23-24(38-18-37-23)15-22(20)25-26(33)28-29(41-32(5,6)40-28)30(27(25)39-17-36-7)42-44(8,9)31(2,3)4/h10-15,25-30H,16-18H2,1-9H3/t25?,26?,27-,28+,29+,30+/m1/s1. The molecule has 4 aliphatic rings. The third-order valence-electron chi connectivity index (χ3n) is 9.76. The number of rotatable bonds is 7. The van der Waals surface area contributed by atoms with E-state index < -0.39 is 60.5 Å². The molecule has 0 spiro atoms. The molecule has 2 aromatic carbocycles. The second kappa shape index (κ2) is 11.0. The van der Waals surface area contributed by atoms with Gasteiger partial charge in [0.1, 0.15) is 25.1 Å². The summed E-state index contributed by atoms with van der Waals surface area (Å²) in [5.41, 5.74) is 2.72. The molecule has 3 heterocycles. The summed E-state index contributed by atoms with van der Waals surface area (Å²) < 4.78 is 74.7. The molecule has 0 bridgehead atoms. The predicted octanol–water partition coefficient (Wildman–Crippen LogP) is 5.29. The van der Waals surface area contributed by atoms with E-state index in [4.69, 9.17) is 32.8 Å². The van der Waals surface area contributed by atoms with Gasteiger partial charge in [0.05, 0.1) is 17.0 Å². The van der Waals surface area contributed by atoms with Crippen LogP contribution in [0.25, 0.3) is 0 Å². The number of sulfonamides is 1. The monoisotopic (exact) mass is 647 g/mol. The lowest BCUT2D eigenvalue weighted by Crippen LogP contribution is -2.68. The summed E-state index contributed by atoms with van der Waals surface area (Å²) >= 11 is 0. The number of fused-ring (bicyclic) bond motifs is 6. The Morgan fingerprint density at radius 2 is 1.64 bits per heavy atom. The molecule has 44 heavy (non-hydrogen) atoms. The van der Waals surface area contributed by atoms with Gasteiger partial charge in [-0.15, -0.1) is 0 Å². The van der Waals surface area contributed by atoms with Crippen LogP contribution >= 0.6 is 0 Å². The van der Waals surface area contributed by atoms with Crippen molar-refractivity contribution in [1.29, 1.82) is 0 Å². The zero-order valence-electron chi connectivity index (χ0n) is 27.1. The highest BCUT2D eigenvalue weighted by atomic mass is 32.2. The molecule has 0 aromatic heterocycles. The summed E-state index contributed by atoms with van der Waals surface area (Å²) in [6.45, 7) is 16.9. The lowest BCUT2D eigenvalue weighted by molar-refractivity contribution is -0.181. The van der Waals surface area contributed by atoms with E-state index in [-0.39, 0.29) is 30.1 Å². The Kier molecular flexibility index (Phi) is 8.02. The largest absolute Gasteiger partial charge is 0.454 e. The van der Waals surface area contributed by atoms with E-state index in [9.17, 15) is 8.42 Å². The number of aryl methyl sites for hydroxylation is 1. The summed E-state index contributed by atoms with van der Waals surface area (Å²) in [6.07, 6.45) is -2.40. The summed E-state index contributed by atoms with van der Waals surface area (Å²) in [5.74, 6) is -0.249. The van der Waals surface area contributed by atoms with Crippen molar-refractivity contribution in [3.8, 4) is 11.5 Å². The number of benzene rings is 2. The third-order valence-corrected chi connectivity index (χ3v) is 16.1. The Bertz CT molecular complexity index is 1500. The second-order valence-corrected chi connectivity index (χ2v) is 20.9. The molecule has 0 radical (unpaired) electrons. The maximum atomic E-state index is 14.6. The highest BCUT2D eigenvalue weighted by Gasteiger charge is 2.64. The predicted molar refractivity (Wildman–Crippen MR) is 166 cm³/mol. The van der Waals surface area contributed by atoms with Crippen LogP contribution in [0.15, 0.2) is 41.3 Å². The Morgan fingerprint density at radius 1 is 1.00 bits per heavy atom. The molecule has 1 aliphatic carbocycles. The van der Waals surface area contributed by atoms with Crippen molar-refractivity contribution in [2.24, 2.45) is 0 Å². The van der Waals surface area contributed by atoms with Crippen molar-refractivity contribution >= 4 is 18.3 Å². The van der Waals surface area contributed by atoms with Gasteiger partial charge in [-0.05, 0) is 74.3 Å². The summed E-state index contributed by atoms with van der Waals surface area (Å²) in [7, 11) is -4.81. The van der Waals surface area contributed by atoms with Crippen LogP contribution < -0.4 is 9.47 Å². The smallest absolute Gasteiger partial charge is 0.243 e. The number of nitrogens with zero attached hydrogens (tertiary/aromatic N) is 1. The maximum Gasteiger partial charge on any atom is 0.243 e. The van der Waals surface area contributed by atoms with Crippen molar-refractivity contribution in [2.45, 2.75) is 113 Å². The topological polar surface area (TPSA) is 102 Å². The van der Waals surface area contributed by atoms with E-state index in [1.165, 1.54) is 0 Å². The first-order valence-electron chi connectivity index (χ1n) is 15.2. The first-order valence-corrected chi connectivity index (χ1v) is 19.5. The van der Waals surface area contributed by atoms with Gasteiger partial charge in [0, 0.05) is 19.6 Å². The van der Waals surface area contributed by atoms with Gasteiger partial charge in [-0.3, -0.25) is 0 Å². The van der Waals surface area contributed by atoms with E-state index >= 15 is 0 Å². The number of hydrogen-bond acceptors (Lipinski definition) is 9. The summed E-state index contributed by atoms with van der Waals surface area (Å²) in [5, 5.41) is -0.0998. The number of hydrogen-bond donors (Lipinski definition) is 0. The lowest BCUT2D eigenvalue weighted by Gasteiger charge is -2.54. The van der Waals surface area contributed by atoms with Gasteiger partial charge in [-0.2, -0.15) is 4.31 Å². The van der Waals surface area contributed by atoms with E-state index in [0.717, 1.165) is 16.7 Å². The van der Waals surface area contributed by atoms with Crippen molar-refractivity contribution in [3.63, 3.8) is 0 Å². The molecular formula is C32H45NO9SSi. The number of methoxy groups -OCH3 is 1. The highest BCUT2D eigenvalue weighted by molar-refractivity contribution is 7.89. The molecule has 0 amide bonds. The minimum absolute atomic E-state index is 0.00250. The molecule has 1 saturated heterocycles. The second-order valence-electron chi connectivity index (χ2n) is 14.2. The Labute approximate surface area is 262 Å². The van der Waals surface area contributed by atoms with Gasteiger partial charge in [-0.25, -0.2) is 8.42 Å². The fraction of sp³-hybridized carbons (Fsp3) is 0.625. The summed E-state index contributed by atoms with van der Waals surface area (Å²) in [6, 6.07) is 10.2. The van der Waals surface area contributed by atoms with Crippen LogP contribution in [0.5, 0.6) is 11.5 Å². The molecule has 3 aliphatic heterocycles. The van der Waals surface area contributed by atoms with Gasteiger partial charge < -0.3 is 32.8 Å². The van der Waals surface area contributed by atoms with E-state index in [0.29, 0.717) is 11.5 Å². The molecule has 0 N–H and O–H groups in total. The molecular weight excluding hydrogens is 603 g/mol. The third kappa shape index (κ3) is 5.40. The lowest BCUT2D eigenvalue weighted by atomic mass is 9.70. The van der Waals surface area contributed by atoms with Crippen LogP contribution in [0.2, 0.25) is 18.1 Å². The molecule has 6 atom stereocenters. The van der Waals surface area contributed by atoms with Crippen molar-refractivity contribution in [2.75, 3.05) is 20.7 Å². The van der Waals surface area contributed by atoms with Crippen molar-refractivity contribution in [3.05, 3.63) is 53.1 Å². The van der Waals surface area contributed by atoms with Gasteiger partial charge >= 0.3 is 0 Å². The molecule has 12 heteroatoms. The van der Waals surface area contributed by atoms with Gasteiger partial charge in [-0.1, -0.05) is 38.5 Å². The first kappa shape index (κ1) is 31.9. The van der Waals surface area contributed by atoms with Crippen LogP contribution in [0.1, 0.15) is 57.2 Å². The fourth-order valence-corrected chi connectivity index (χ4v) is 9.57. The minimum Gasteiger partial charge on any atom is -0.454 e. The van der Waals surface area contributed by atoms with Gasteiger partial charge in [0.25, 0.3) is 0 Å². The zero-order chi connectivity index (χ0) is 31.8. The molecule has 10 nitrogen and oxygen atoms in total. The van der Waals surface area contributed by atoms with E-state index in [1.807, 2.05) is 45.0 Å². The van der Waals surface area contributed by atoms with Gasteiger partial charge in [0.2, 0.25) is 16.8 Å². The van der Waals surface area contributed by atoms with Crippen LogP contribution in [-0.4, -0.2) is 78.0 Å². The van der Waals surface area contributed by atoms with Gasteiger partial charge in [0.15, 0.2) is 25.6 Å². The average molecular weight is 648 g/mol. The first-order chi connectivity index (χ1) is 20.5. The normalized spacial score (nSPS) is 29.7. The van der Waals surface area contributed by atoms with Crippen LogP contribution in [0, 0.1) is 6.92 Å². The number of ether oxygens (including phenoxy) is 6. The van der Waals surface area contributed by atoms with Crippen LogP contribution in [-0.2, 0) is 39.9 Å². The minimum atomic E-state index is -3.99. The SMILES string of the molecule is COCO[C@@H]1C2c3cc4c(cc3CN(S(=O)(=O)c3ccc(C)cc3)C2[C@@H]2OC(C)(C)O[C@@H]2[C@H]1O[Si](C)(C)C(C)(C)C)OCO4. The highest BCUT2D eigenvalue weighted by Crippen LogP contribution is 2.54. The summed E-state index contributed by atoms with van der Waals surface area (Å²) in [4.78, 5) is 0.217. The van der Waals surface area contributed by atoms with E-state index in [1.54, 1.807) is 23.5 Å². The fourth-order valence-electron chi connectivity index (χ4n) is 6.64. The van der Waals surface area contributed by atoms with Crippen LogP contribution in [0.4, 0.5) is 0 Å². The molecule has 6 rings (SSSR count). The maximum absolute atomic E-state index is 14.6. The van der Waals surface area contributed by atoms with Crippen molar-refractivity contribution in [1.82, 2.24) is 4.31 Å². The zero-order valence-corrected chi connectivity index (χ0v) is 28.9. The molecule has 1 saturated carbocycles. The molecule has 2 aromatic rings. The Balaban J connectivity index is 1.56.